The maximum absolute atomic E-state index is 13.3. The number of para-hydroxylation sites is 1. The fourth-order valence-electron chi connectivity index (χ4n) is 3.86. The highest BCUT2D eigenvalue weighted by atomic mass is 32.1. The van der Waals surface area contributed by atoms with Gasteiger partial charge in [-0.05, 0) is 19.9 Å². The van der Waals surface area contributed by atoms with Crippen molar-refractivity contribution < 1.29 is 14.3 Å². The van der Waals surface area contributed by atoms with Crippen LogP contribution in [0.2, 0.25) is 0 Å². The van der Waals surface area contributed by atoms with Gasteiger partial charge in [-0.2, -0.15) is 0 Å². The number of carbonyl (C=O) groups is 1. The van der Waals surface area contributed by atoms with Crippen LogP contribution in [0.5, 0.6) is 5.75 Å². The van der Waals surface area contributed by atoms with Gasteiger partial charge in [0.1, 0.15) is 10.3 Å². The Morgan fingerprint density at radius 1 is 1.22 bits per heavy atom. The first-order valence-electron chi connectivity index (χ1n) is 8.95. The average Bonchev–Trinajstić information content (AvgIpc) is 3.04. The van der Waals surface area contributed by atoms with Gasteiger partial charge in [0.15, 0.2) is 5.75 Å². The van der Waals surface area contributed by atoms with Crippen molar-refractivity contribution in [2.45, 2.75) is 26.1 Å². The molecule has 3 heterocycles. The summed E-state index contributed by atoms with van der Waals surface area (Å²) in [7, 11) is 3.26. The lowest BCUT2D eigenvalue weighted by Crippen LogP contribution is -2.48. The number of hydrogen-bond acceptors (Lipinski definition) is 5. The van der Waals surface area contributed by atoms with Crippen molar-refractivity contribution in [1.29, 1.82) is 0 Å². The predicted molar refractivity (Wildman–Crippen MR) is 107 cm³/mol. The van der Waals surface area contributed by atoms with E-state index in [1.807, 2.05) is 38.1 Å². The minimum Gasteiger partial charge on any atom is -0.494 e. The van der Waals surface area contributed by atoms with Crippen molar-refractivity contribution in [3.05, 3.63) is 39.5 Å². The Labute approximate surface area is 160 Å². The van der Waals surface area contributed by atoms with E-state index in [1.165, 1.54) is 18.4 Å². The number of thiophene rings is 1. The molecule has 1 amide bonds. The zero-order valence-corrected chi connectivity index (χ0v) is 16.6. The third-order valence-electron chi connectivity index (χ3n) is 5.00. The van der Waals surface area contributed by atoms with Crippen molar-refractivity contribution in [1.82, 2.24) is 9.47 Å². The summed E-state index contributed by atoms with van der Waals surface area (Å²) in [6, 6.07) is 7.72. The minimum absolute atomic E-state index is 0.0215. The Morgan fingerprint density at radius 2 is 1.89 bits per heavy atom. The molecule has 27 heavy (non-hydrogen) atoms. The Balaban J connectivity index is 1.94. The number of aryl methyl sites for hydroxylation is 1. The molecule has 7 heteroatoms. The van der Waals surface area contributed by atoms with Gasteiger partial charge in [0, 0.05) is 25.5 Å². The number of methoxy groups -OCH3 is 1. The van der Waals surface area contributed by atoms with Crippen molar-refractivity contribution in [2.75, 3.05) is 20.2 Å². The molecule has 4 rings (SSSR count). The largest absolute Gasteiger partial charge is 0.494 e. The van der Waals surface area contributed by atoms with E-state index in [4.69, 9.17) is 9.47 Å². The van der Waals surface area contributed by atoms with Crippen LogP contribution >= 0.6 is 11.3 Å². The lowest BCUT2D eigenvalue weighted by Gasteiger charge is -2.35. The molecule has 1 aromatic carbocycles. The van der Waals surface area contributed by atoms with Gasteiger partial charge in [0.25, 0.3) is 11.5 Å². The van der Waals surface area contributed by atoms with Gasteiger partial charge in [-0.1, -0.05) is 18.2 Å². The van der Waals surface area contributed by atoms with Crippen LogP contribution in [0.4, 0.5) is 0 Å². The topological polar surface area (TPSA) is 60.8 Å². The van der Waals surface area contributed by atoms with Crippen LogP contribution < -0.4 is 10.3 Å². The van der Waals surface area contributed by atoms with Gasteiger partial charge in [-0.15, -0.1) is 11.3 Å². The molecule has 142 valence electrons. The summed E-state index contributed by atoms with van der Waals surface area (Å²) in [5, 5.41) is 1.42. The predicted octanol–water partition coefficient (Wildman–Crippen LogP) is 3.01. The maximum Gasteiger partial charge on any atom is 0.267 e. The van der Waals surface area contributed by atoms with Gasteiger partial charge < -0.3 is 18.9 Å². The Kier molecular flexibility index (Phi) is 4.44. The molecule has 2 aromatic heterocycles. The van der Waals surface area contributed by atoms with Gasteiger partial charge in [-0.25, -0.2) is 0 Å². The summed E-state index contributed by atoms with van der Waals surface area (Å²) in [4.78, 5) is 28.5. The number of hydrogen-bond donors (Lipinski definition) is 0. The standard InChI is InChI=1S/C20H22N2O4S/c1-11-9-22(10-12(2)26-11)20(24)18-16(25-4)15-17(27-18)13-7-5-6-8-14(13)21(3)19(15)23/h5-8,11-12H,9-10H2,1-4H3. The van der Waals surface area contributed by atoms with Crippen LogP contribution in [0.15, 0.2) is 29.1 Å². The van der Waals surface area contributed by atoms with Crippen molar-refractivity contribution in [2.24, 2.45) is 7.05 Å². The zero-order chi connectivity index (χ0) is 19.3. The number of ether oxygens (including phenoxy) is 2. The van der Waals surface area contributed by atoms with E-state index in [2.05, 4.69) is 0 Å². The van der Waals surface area contributed by atoms with Gasteiger partial charge in [-0.3, -0.25) is 9.59 Å². The molecule has 0 radical (unpaired) electrons. The highest BCUT2D eigenvalue weighted by Crippen LogP contribution is 2.40. The first kappa shape index (κ1) is 18.0. The normalized spacial score (nSPS) is 20.4. The monoisotopic (exact) mass is 386 g/mol. The Hall–Kier alpha value is -2.38. The SMILES string of the molecule is COc1c(C(=O)N2CC(C)OC(C)C2)sc2c1c(=O)n(C)c1ccccc21. The average molecular weight is 386 g/mol. The van der Waals surface area contributed by atoms with Gasteiger partial charge in [0.05, 0.1) is 29.5 Å². The third-order valence-corrected chi connectivity index (χ3v) is 6.19. The molecule has 0 bridgehead atoms. The summed E-state index contributed by atoms with van der Waals surface area (Å²) < 4.78 is 13.7. The maximum atomic E-state index is 13.3. The lowest BCUT2D eigenvalue weighted by molar-refractivity contribution is -0.0585. The molecule has 2 unspecified atom stereocenters. The highest BCUT2D eigenvalue weighted by Gasteiger charge is 2.31. The first-order chi connectivity index (χ1) is 12.9. The number of rotatable bonds is 2. The molecule has 0 saturated carbocycles. The van der Waals surface area contributed by atoms with Crippen LogP contribution in [0.1, 0.15) is 23.5 Å². The van der Waals surface area contributed by atoms with Gasteiger partial charge >= 0.3 is 0 Å². The Morgan fingerprint density at radius 3 is 2.56 bits per heavy atom. The number of carbonyl (C=O) groups excluding carboxylic acids is 1. The van der Waals surface area contributed by atoms with Crippen LogP contribution in [0.3, 0.4) is 0 Å². The molecule has 1 aliphatic heterocycles. The molecule has 1 aliphatic rings. The molecular formula is C20H22N2O4S. The first-order valence-corrected chi connectivity index (χ1v) is 9.77. The number of nitrogens with zero attached hydrogens (tertiary/aromatic N) is 2. The van der Waals surface area contributed by atoms with E-state index in [1.54, 1.807) is 16.5 Å². The molecule has 1 fully saturated rings. The molecule has 1 saturated heterocycles. The van der Waals surface area contributed by atoms with E-state index in [0.717, 1.165) is 15.6 Å². The second kappa shape index (κ2) is 6.65. The number of morpholine rings is 1. The fraction of sp³-hybridized carbons (Fsp3) is 0.400. The van der Waals surface area contributed by atoms with Crippen molar-refractivity contribution in [3.8, 4) is 5.75 Å². The van der Waals surface area contributed by atoms with E-state index >= 15 is 0 Å². The van der Waals surface area contributed by atoms with E-state index in [-0.39, 0.29) is 23.7 Å². The van der Waals surface area contributed by atoms with E-state index < -0.39 is 0 Å². The molecule has 6 nitrogen and oxygen atoms in total. The fourth-order valence-corrected chi connectivity index (χ4v) is 5.12. The molecule has 2 atom stereocenters. The molecule has 0 spiro atoms. The molecule has 3 aromatic rings. The molecule has 0 aliphatic carbocycles. The van der Waals surface area contributed by atoms with Crippen molar-refractivity contribution >= 4 is 38.2 Å². The number of aromatic nitrogens is 1. The summed E-state index contributed by atoms with van der Waals surface area (Å²) in [6.45, 7) is 4.97. The second-order valence-electron chi connectivity index (χ2n) is 7.02. The summed E-state index contributed by atoms with van der Waals surface area (Å²) in [5.74, 6) is 0.263. The van der Waals surface area contributed by atoms with Gasteiger partial charge in [0.2, 0.25) is 0 Å². The van der Waals surface area contributed by atoms with E-state index in [9.17, 15) is 9.59 Å². The number of amides is 1. The summed E-state index contributed by atoms with van der Waals surface area (Å²) in [6.07, 6.45) is -0.0430. The number of pyridine rings is 1. The van der Waals surface area contributed by atoms with E-state index in [0.29, 0.717) is 29.1 Å². The summed E-state index contributed by atoms with van der Waals surface area (Å²) >= 11 is 1.33. The summed E-state index contributed by atoms with van der Waals surface area (Å²) in [5.41, 5.74) is 0.686. The third kappa shape index (κ3) is 2.82. The van der Waals surface area contributed by atoms with Crippen LogP contribution in [0.25, 0.3) is 21.0 Å². The van der Waals surface area contributed by atoms with Crippen LogP contribution in [-0.2, 0) is 11.8 Å². The Bertz CT molecular complexity index is 1090. The van der Waals surface area contributed by atoms with Crippen LogP contribution in [-0.4, -0.2) is 47.8 Å². The number of fused-ring (bicyclic) bond motifs is 3. The number of benzene rings is 1. The lowest BCUT2D eigenvalue weighted by atomic mass is 10.1. The molecule has 0 N–H and O–H groups in total. The minimum atomic E-state index is -0.153. The quantitative estimate of drug-likeness (QED) is 0.679. The van der Waals surface area contributed by atoms with Crippen molar-refractivity contribution in [3.63, 3.8) is 0 Å². The highest BCUT2D eigenvalue weighted by molar-refractivity contribution is 7.22. The molecular weight excluding hydrogens is 364 g/mol. The zero-order valence-electron chi connectivity index (χ0n) is 15.8. The second-order valence-corrected chi connectivity index (χ2v) is 8.04. The van der Waals surface area contributed by atoms with Crippen LogP contribution in [0, 0.1) is 0 Å². The smallest absolute Gasteiger partial charge is 0.267 e.